The van der Waals surface area contributed by atoms with Gasteiger partial charge in [0.1, 0.15) is 5.82 Å². The summed E-state index contributed by atoms with van der Waals surface area (Å²) in [6, 6.07) is 15.4. The van der Waals surface area contributed by atoms with Crippen LogP contribution in [0, 0.1) is 5.92 Å². The second-order valence-electron chi connectivity index (χ2n) is 6.65. The van der Waals surface area contributed by atoms with Crippen molar-refractivity contribution in [3.05, 3.63) is 74.9 Å². The quantitative estimate of drug-likeness (QED) is 0.568. The van der Waals surface area contributed by atoms with Crippen molar-refractivity contribution in [2.24, 2.45) is 18.1 Å². The molecule has 0 bridgehead atoms. The lowest BCUT2D eigenvalue weighted by Gasteiger charge is -2.14. The minimum absolute atomic E-state index is 0.257. The Kier molecular flexibility index (Phi) is 5.02. The van der Waals surface area contributed by atoms with Gasteiger partial charge in [-0.25, -0.2) is 4.79 Å². The van der Waals surface area contributed by atoms with Gasteiger partial charge in [-0.3, -0.25) is 19.4 Å². The molecule has 0 saturated heterocycles. The number of hydrogen-bond acceptors (Lipinski definition) is 4. The molecule has 0 atom stereocenters. The molecule has 6 heteroatoms. The summed E-state index contributed by atoms with van der Waals surface area (Å²) in [5.74, 6) is 0.649. The normalized spacial score (nSPS) is 11.5. The summed E-state index contributed by atoms with van der Waals surface area (Å²) in [6.45, 7) is 4.53. The summed E-state index contributed by atoms with van der Waals surface area (Å²) in [5, 5.41) is 6.47. The second-order valence-corrected chi connectivity index (χ2v) is 6.65. The SMILES string of the molecule is CC(C)Cn1c(N/N=C/c2cccc3ccccc23)cc(=O)n(C)c1=O. The van der Waals surface area contributed by atoms with Gasteiger partial charge < -0.3 is 0 Å². The van der Waals surface area contributed by atoms with Gasteiger partial charge >= 0.3 is 5.69 Å². The molecule has 0 aliphatic carbocycles. The molecule has 26 heavy (non-hydrogen) atoms. The Morgan fingerprint density at radius 2 is 1.85 bits per heavy atom. The molecule has 0 aliphatic rings. The summed E-state index contributed by atoms with van der Waals surface area (Å²) in [6.07, 6.45) is 1.70. The molecule has 0 radical (unpaired) electrons. The van der Waals surface area contributed by atoms with Crippen molar-refractivity contribution in [3.63, 3.8) is 0 Å². The van der Waals surface area contributed by atoms with Gasteiger partial charge in [-0.05, 0) is 16.7 Å². The number of nitrogens with zero attached hydrogens (tertiary/aromatic N) is 3. The van der Waals surface area contributed by atoms with Crippen molar-refractivity contribution < 1.29 is 0 Å². The van der Waals surface area contributed by atoms with Crippen LogP contribution in [0.2, 0.25) is 0 Å². The first-order valence-corrected chi connectivity index (χ1v) is 8.55. The molecule has 1 heterocycles. The van der Waals surface area contributed by atoms with Gasteiger partial charge in [0.2, 0.25) is 0 Å². The predicted molar refractivity (Wildman–Crippen MR) is 106 cm³/mol. The molecule has 134 valence electrons. The molecule has 3 rings (SSSR count). The topological polar surface area (TPSA) is 68.4 Å². The van der Waals surface area contributed by atoms with Crippen LogP contribution in [0.5, 0.6) is 0 Å². The van der Waals surface area contributed by atoms with E-state index in [2.05, 4.69) is 10.5 Å². The highest BCUT2D eigenvalue weighted by Crippen LogP contribution is 2.17. The summed E-state index contributed by atoms with van der Waals surface area (Å²) >= 11 is 0. The Morgan fingerprint density at radius 1 is 1.12 bits per heavy atom. The molecule has 0 aliphatic heterocycles. The largest absolute Gasteiger partial charge is 0.332 e. The van der Waals surface area contributed by atoms with E-state index in [1.807, 2.05) is 56.3 Å². The lowest BCUT2D eigenvalue weighted by molar-refractivity contribution is 0.492. The highest BCUT2D eigenvalue weighted by atomic mass is 16.2. The maximum Gasteiger partial charge on any atom is 0.332 e. The minimum Gasteiger partial charge on any atom is -0.278 e. The van der Waals surface area contributed by atoms with E-state index in [1.165, 1.54) is 17.7 Å². The van der Waals surface area contributed by atoms with Crippen LogP contribution in [0.3, 0.4) is 0 Å². The van der Waals surface area contributed by atoms with Gasteiger partial charge in [-0.15, -0.1) is 0 Å². The third-order valence-electron chi connectivity index (χ3n) is 4.15. The van der Waals surface area contributed by atoms with Crippen LogP contribution in [0.15, 0.2) is 63.2 Å². The van der Waals surface area contributed by atoms with Crippen LogP contribution in [-0.4, -0.2) is 15.3 Å². The van der Waals surface area contributed by atoms with Crippen LogP contribution in [0.4, 0.5) is 5.82 Å². The Hall–Kier alpha value is -3.15. The molecule has 6 nitrogen and oxygen atoms in total. The monoisotopic (exact) mass is 350 g/mol. The van der Waals surface area contributed by atoms with E-state index in [1.54, 1.807) is 6.21 Å². The van der Waals surface area contributed by atoms with E-state index in [9.17, 15) is 9.59 Å². The van der Waals surface area contributed by atoms with E-state index < -0.39 is 0 Å². The van der Waals surface area contributed by atoms with Gasteiger partial charge in [0.25, 0.3) is 5.56 Å². The highest BCUT2D eigenvalue weighted by molar-refractivity contribution is 5.99. The van der Waals surface area contributed by atoms with Crippen molar-refractivity contribution in [3.8, 4) is 0 Å². The standard InChI is InChI=1S/C20H22N4O2/c1-14(2)13-24-18(11-19(25)23(3)20(24)26)22-21-12-16-9-6-8-15-7-4-5-10-17(15)16/h4-12,14,22H,13H2,1-3H3/b21-12+. The summed E-state index contributed by atoms with van der Waals surface area (Å²) in [5.41, 5.74) is 3.10. The number of hydrogen-bond donors (Lipinski definition) is 1. The number of nitrogens with one attached hydrogen (secondary N) is 1. The Labute approximate surface area is 151 Å². The first-order valence-electron chi connectivity index (χ1n) is 8.55. The second kappa shape index (κ2) is 7.39. The van der Waals surface area contributed by atoms with Crippen molar-refractivity contribution >= 4 is 22.8 Å². The van der Waals surface area contributed by atoms with Crippen LogP contribution in [0.25, 0.3) is 10.8 Å². The molecule has 1 N–H and O–H groups in total. The minimum atomic E-state index is -0.363. The number of rotatable bonds is 5. The lowest BCUT2D eigenvalue weighted by atomic mass is 10.1. The van der Waals surface area contributed by atoms with Crippen LogP contribution < -0.4 is 16.7 Å². The molecule has 0 saturated carbocycles. The third-order valence-corrected chi connectivity index (χ3v) is 4.15. The molecule has 0 spiro atoms. The number of fused-ring (bicyclic) bond motifs is 1. The zero-order valence-electron chi connectivity index (χ0n) is 15.1. The molecule has 1 aromatic heterocycles. The van der Waals surface area contributed by atoms with Gasteiger partial charge in [0.05, 0.1) is 6.21 Å². The fraction of sp³-hybridized carbons (Fsp3) is 0.250. The van der Waals surface area contributed by atoms with Crippen LogP contribution >= 0.6 is 0 Å². The first kappa shape index (κ1) is 17.7. The smallest absolute Gasteiger partial charge is 0.278 e. The van der Waals surface area contributed by atoms with E-state index in [0.29, 0.717) is 12.4 Å². The average molecular weight is 350 g/mol. The van der Waals surface area contributed by atoms with E-state index in [4.69, 9.17) is 0 Å². The van der Waals surface area contributed by atoms with E-state index in [-0.39, 0.29) is 17.2 Å². The van der Waals surface area contributed by atoms with Gasteiger partial charge in [0.15, 0.2) is 0 Å². The van der Waals surface area contributed by atoms with Crippen LogP contribution in [-0.2, 0) is 13.6 Å². The van der Waals surface area contributed by atoms with E-state index in [0.717, 1.165) is 20.9 Å². The zero-order chi connectivity index (χ0) is 18.7. The Bertz CT molecular complexity index is 1070. The first-order chi connectivity index (χ1) is 12.5. The number of aromatic nitrogens is 2. The maximum absolute atomic E-state index is 12.4. The number of anilines is 1. The van der Waals surface area contributed by atoms with Crippen molar-refractivity contribution in [2.45, 2.75) is 20.4 Å². The number of benzene rings is 2. The average Bonchev–Trinajstić information content (AvgIpc) is 2.63. The third kappa shape index (κ3) is 3.59. The number of hydrazone groups is 1. The fourth-order valence-corrected chi connectivity index (χ4v) is 2.84. The molecule has 0 amide bonds. The Balaban J connectivity index is 1.95. The summed E-state index contributed by atoms with van der Waals surface area (Å²) in [4.78, 5) is 24.4. The van der Waals surface area contributed by atoms with Crippen molar-refractivity contribution in [1.29, 1.82) is 0 Å². The summed E-state index contributed by atoms with van der Waals surface area (Å²) in [7, 11) is 1.48. The van der Waals surface area contributed by atoms with Gasteiger partial charge in [-0.1, -0.05) is 56.3 Å². The van der Waals surface area contributed by atoms with Gasteiger partial charge in [0, 0.05) is 25.2 Å². The molecule has 0 fully saturated rings. The zero-order valence-corrected chi connectivity index (χ0v) is 15.1. The molecular weight excluding hydrogens is 328 g/mol. The Morgan fingerprint density at radius 3 is 2.62 bits per heavy atom. The van der Waals surface area contributed by atoms with Gasteiger partial charge in [-0.2, -0.15) is 5.10 Å². The fourth-order valence-electron chi connectivity index (χ4n) is 2.84. The predicted octanol–water partition coefficient (Wildman–Crippen LogP) is 2.80. The highest BCUT2D eigenvalue weighted by Gasteiger charge is 2.10. The molecule has 0 unspecified atom stereocenters. The van der Waals surface area contributed by atoms with Crippen molar-refractivity contribution in [1.82, 2.24) is 9.13 Å². The maximum atomic E-state index is 12.4. The summed E-state index contributed by atoms with van der Waals surface area (Å²) < 4.78 is 2.63. The lowest BCUT2D eigenvalue weighted by Crippen LogP contribution is -2.39. The van der Waals surface area contributed by atoms with E-state index >= 15 is 0 Å². The molecule has 2 aromatic carbocycles. The van der Waals surface area contributed by atoms with Crippen LogP contribution in [0.1, 0.15) is 19.4 Å². The molecular formula is C20H22N4O2. The van der Waals surface area contributed by atoms with Crippen molar-refractivity contribution in [2.75, 3.05) is 5.43 Å². The molecule has 3 aromatic rings.